The Balaban J connectivity index is 1.62. The van der Waals surface area contributed by atoms with E-state index in [0.717, 1.165) is 24.6 Å². The molecule has 0 aliphatic carbocycles. The van der Waals surface area contributed by atoms with E-state index in [9.17, 15) is 4.79 Å². The third-order valence-electron chi connectivity index (χ3n) is 3.40. The summed E-state index contributed by atoms with van der Waals surface area (Å²) in [5, 5.41) is 6.82. The number of nitrogens with zero attached hydrogens (tertiary/aromatic N) is 2. The molecule has 1 aromatic heterocycles. The first-order valence-corrected chi connectivity index (χ1v) is 8.17. The Morgan fingerprint density at radius 1 is 1.38 bits per heavy atom. The number of carbonyl (C=O) groups is 1. The van der Waals surface area contributed by atoms with E-state index in [0.29, 0.717) is 15.6 Å². The molecule has 0 unspecified atom stereocenters. The molecule has 1 saturated heterocycles. The molecule has 0 radical (unpaired) electrons. The number of hydrogen-bond donors (Lipinski definition) is 1. The van der Waals surface area contributed by atoms with Crippen LogP contribution in [0.4, 0.5) is 5.13 Å². The van der Waals surface area contributed by atoms with E-state index in [4.69, 9.17) is 23.2 Å². The molecule has 1 atom stereocenters. The molecular formula is C14H13Cl2N3OS. The number of aromatic nitrogens is 1. The van der Waals surface area contributed by atoms with Crippen LogP contribution in [0, 0.1) is 0 Å². The van der Waals surface area contributed by atoms with E-state index >= 15 is 0 Å². The van der Waals surface area contributed by atoms with Crippen LogP contribution in [-0.4, -0.2) is 30.0 Å². The summed E-state index contributed by atoms with van der Waals surface area (Å²) in [4.78, 5) is 18.7. The summed E-state index contributed by atoms with van der Waals surface area (Å²) in [6, 6.07) is 5.02. The first-order valence-electron chi connectivity index (χ1n) is 6.54. The van der Waals surface area contributed by atoms with Crippen LogP contribution in [0.1, 0.15) is 16.8 Å². The second-order valence-electron chi connectivity index (χ2n) is 4.85. The standard InChI is InChI=1S/C14H13Cl2N3OS/c15-11-2-1-9(7-12(11)16)13(20)18-10-3-5-19(8-10)14-17-4-6-21-14/h1-2,4,6-7,10H,3,5,8H2,(H,18,20)/t10-/m0/s1. The Morgan fingerprint density at radius 2 is 2.24 bits per heavy atom. The van der Waals surface area contributed by atoms with Gasteiger partial charge in [0.05, 0.1) is 10.0 Å². The fourth-order valence-corrected chi connectivity index (χ4v) is 3.31. The molecule has 0 spiro atoms. The number of amides is 1. The van der Waals surface area contributed by atoms with Crippen LogP contribution in [0.5, 0.6) is 0 Å². The molecule has 4 nitrogen and oxygen atoms in total. The second kappa shape index (κ2) is 6.22. The van der Waals surface area contributed by atoms with Crippen molar-refractivity contribution in [2.75, 3.05) is 18.0 Å². The van der Waals surface area contributed by atoms with Gasteiger partial charge in [0.1, 0.15) is 0 Å². The zero-order chi connectivity index (χ0) is 14.8. The lowest BCUT2D eigenvalue weighted by Gasteiger charge is -2.16. The summed E-state index contributed by atoms with van der Waals surface area (Å²) >= 11 is 13.4. The molecule has 7 heteroatoms. The minimum Gasteiger partial charge on any atom is -0.347 e. The van der Waals surface area contributed by atoms with E-state index in [-0.39, 0.29) is 11.9 Å². The molecule has 2 heterocycles. The Labute approximate surface area is 136 Å². The molecule has 1 aliphatic heterocycles. The average molecular weight is 342 g/mol. The second-order valence-corrected chi connectivity index (χ2v) is 6.54. The summed E-state index contributed by atoms with van der Waals surface area (Å²) in [7, 11) is 0. The first kappa shape index (κ1) is 14.6. The highest BCUT2D eigenvalue weighted by Crippen LogP contribution is 2.24. The molecule has 1 aliphatic rings. The number of halogens is 2. The maximum Gasteiger partial charge on any atom is 0.251 e. The van der Waals surface area contributed by atoms with Gasteiger partial charge in [-0.05, 0) is 24.6 Å². The number of nitrogens with one attached hydrogen (secondary N) is 1. The number of benzene rings is 1. The SMILES string of the molecule is O=C(N[C@H]1CCN(c2nccs2)C1)c1ccc(Cl)c(Cl)c1. The molecule has 1 amide bonds. The van der Waals surface area contributed by atoms with Gasteiger partial charge in [-0.15, -0.1) is 11.3 Å². The van der Waals surface area contributed by atoms with Crippen molar-refractivity contribution < 1.29 is 4.79 Å². The van der Waals surface area contributed by atoms with E-state index in [1.165, 1.54) is 0 Å². The predicted octanol–water partition coefficient (Wildman–Crippen LogP) is 3.46. The monoisotopic (exact) mass is 341 g/mol. The highest BCUT2D eigenvalue weighted by Gasteiger charge is 2.25. The van der Waals surface area contributed by atoms with Crippen molar-refractivity contribution >= 4 is 45.6 Å². The summed E-state index contributed by atoms with van der Waals surface area (Å²) in [5.74, 6) is -0.125. The Kier molecular flexibility index (Phi) is 4.33. The van der Waals surface area contributed by atoms with Crippen molar-refractivity contribution in [1.29, 1.82) is 0 Å². The average Bonchev–Trinajstić information content (AvgIpc) is 3.12. The maximum absolute atomic E-state index is 12.2. The van der Waals surface area contributed by atoms with Gasteiger partial charge in [-0.25, -0.2) is 4.98 Å². The summed E-state index contributed by atoms with van der Waals surface area (Å²) in [6.07, 6.45) is 2.70. The smallest absolute Gasteiger partial charge is 0.251 e. The fourth-order valence-electron chi connectivity index (χ4n) is 2.33. The van der Waals surface area contributed by atoms with Gasteiger partial charge < -0.3 is 10.2 Å². The third kappa shape index (κ3) is 3.31. The highest BCUT2D eigenvalue weighted by atomic mass is 35.5. The van der Waals surface area contributed by atoms with Crippen molar-refractivity contribution in [3.05, 3.63) is 45.4 Å². The maximum atomic E-state index is 12.2. The molecule has 0 bridgehead atoms. The van der Waals surface area contributed by atoms with E-state index in [1.54, 1.807) is 35.7 Å². The van der Waals surface area contributed by atoms with Gasteiger partial charge in [-0.1, -0.05) is 23.2 Å². The summed E-state index contributed by atoms with van der Waals surface area (Å²) in [6.45, 7) is 1.68. The Bertz CT molecular complexity index is 648. The minimum atomic E-state index is -0.125. The molecule has 2 aromatic rings. The van der Waals surface area contributed by atoms with Gasteiger partial charge in [0, 0.05) is 36.3 Å². The van der Waals surface area contributed by atoms with Gasteiger partial charge in [0.25, 0.3) is 5.91 Å². The largest absolute Gasteiger partial charge is 0.347 e. The van der Waals surface area contributed by atoms with E-state index in [2.05, 4.69) is 15.2 Å². The third-order valence-corrected chi connectivity index (χ3v) is 4.97. The van der Waals surface area contributed by atoms with Crippen molar-refractivity contribution in [2.45, 2.75) is 12.5 Å². The minimum absolute atomic E-state index is 0.121. The lowest BCUT2D eigenvalue weighted by molar-refractivity contribution is 0.0940. The van der Waals surface area contributed by atoms with Crippen LogP contribution < -0.4 is 10.2 Å². The van der Waals surface area contributed by atoms with Crippen LogP contribution in [0.25, 0.3) is 0 Å². The van der Waals surface area contributed by atoms with Gasteiger partial charge in [0.15, 0.2) is 5.13 Å². The molecule has 21 heavy (non-hydrogen) atoms. The van der Waals surface area contributed by atoms with Crippen molar-refractivity contribution in [2.24, 2.45) is 0 Å². The normalized spacial score (nSPS) is 18.0. The molecule has 1 N–H and O–H groups in total. The summed E-state index contributed by atoms with van der Waals surface area (Å²) in [5.41, 5.74) is 0.525. The van der Waals surface area contributed by atoms with Gasteiger partial charge in [-0.3, -0.25) is 4.79 Å². The van der Waals surface area contributed by atoms with Gasteiger partial charge in [0.2, 0.25) is 0 Å². The molecule has 1 aromatic carbocycles. The van der Waals surface area contributed by atoms with Crippen molar-refractivity contribution in [3.8, 4) is 0 Å². The van der Waals surface area contributed by atoms with Crippen LogP contribution in [0.15, 0.2) is 29.8 Å². The van der Waals surface area contributed by atoms with Crippen LogP contribution >= 0.6 is 34.5 Å². The lowest BCUT2D eigenvalue weighted by Crippen LogP contribution is -2.37. The van der Waals surface area contributed by atoms with Gasteiger partial charge in [-0.2, -0.15) is 0 Å². The van der Waals surface area contributed by atoms with Crippen LogP contribution in [0.2, 0.25) is 10.0 Å². The number of hydrogen-bond acceptors (Lipinski definition) is 4. The van der Waals surface area contributed by atoms with Crippen LogP contribution in [-0.2, 0) is 0 Å². The topological polar surface area (TPSA) is 45.2 Å². The lowest BCUT2D eigenvalue weighted by atomic mass is 10.2. The first-order chi connectivity index (χ1) is 10.1. The van der Waals surface area contributed by atoms with Gasteiger partial charge >= 0.3 is 0 Å². The van der Waals surface area contributed by atoms with Crippen molar-refractivity contribution in [3.63, 3.8) is 0 Å². The molecule has 0 saturated carbocycles. The van der Waals surface area contributed by atoms with E-state index in [1.807, 2.05) is 5.38 Å². The Morgan fingerprint density at radius 3 is 2.95 bits per heavy atom. The number of anilines is 1. The molecular weight excluding hydrogens is 329 g/mol. The number of thiazole rings is 1. The molecule has 3 rings (SSSR count). The zero-order valence-corrected chi connectivity index (χ0v) is 13.4. The Hall–Kier alpha value is -1.30. The molecule has 110 valence electrons. The quantitative estimate of drug-likeness (QED) is 0.929. The van der Waals surface area contributed by atoms with E-state index < -0.39 is 0 Å². The number of carbonyl (C=O) groups excluding carboxylic acids is 1. The number of rotatable bonds is 3. The zero-order valence-electron chi connectivity index (χ0n) is 11.1. The van der Waals surface area contributed by atoms with Crippen molar-refractivity contribution in [1.82, 2.24) is 10.3 Å². The fraction of sp³-hybridized carbons (Fsp3) is 0.286. The predicted molar refractivity (Wildman–Crippen MR) is 86.7 cm³/mol. The summed E-state index contributed by atoms with van der Waals surface area (Å²) < 4.78 is 0. The highest BCUT2D eigenvalue weighted by molar-refractivity contribution is 7.13. The molecule has 1 fully saturated rings. The van der Waals surface area contributed by atoms with Crippen LogP contribution in [0.3, 0.4) is 0 Å².